The SMILES string of the molecule is Cc1nc(Cc2ccccc2)sc1C(=O)N[C@@H](C)c1ccc(S(N)(=O)=O)cc1. The Balaban J connectivity index is 1.70. The fourth-order valence-corrected chi connectivity index (χ4v) is 4.32. The van der Waals surface area contributed by atoms with Gasteiger partial charge in [-0.3, -0.25) is 4.79 Å². The highest BCUT2D eigenvalue weighted by atomic mass is 32.2. The van der Waals surface area contributed by atoms with E-state index < -0.39 is 10.0 Å². The summed E-state index contributed by atoms with van der Waals surface area (Å²) < 4.78 is 22.7. The van der Waals surface area contributed by atoms with Crippen LogP contribution in [0.4, 0.5) is 0 Å². The van der Waals surface area contributed by atoms with E-state index in [1.165, 1.54) is 23.5 Å². The quantitative estimate of drug-likeness (QED) is 0.645. The van der Waals surface area contributed by atoms with E-state index in [9.17, 15) is 13.2 Å². The number of thiazole rings is 1. The molecule has 0 fully saturated rings. The first kappa shape index (κ1) is 20.2. The smallest absolute Gasteiger partial charge is 0.263 e. The van der Waals surface area contributed by atoms with Gasteiger partial charge in [0.25, 0.3) is 5.91 Å². The highest BCUT2D eigenvalue weighted by molar-refractivity contribution is 7.89. The molecule has 1 heterocycles. The number of benzene rings is 2. The number of nitrogens with two attached hydrogens (primary N) is 1. The summed E-state index contributed by atoms with van der Waals surface area (Å²) in [4.78, 5) is 17.8. The van der Waals surface area contributed by atoms with Crippen LogP contribution < -0.4 is 10.5 Å². The summed E-state index contributed by atoms with van der Waals surface area (Å²) in [5.41, 5.74) is 2.63. The third kappa shape index (κ3) is 4.83. The minimum absolute atomic E-state index is 0.0404. The van der Waals surface area contributed by atoms with E-state index in [-0.39, 0.29) is 16.8 Å². The van der Waals surface area contributed by atoms with Crippen LogP contribution in [0.25, 0.3) is 0 Å². The van der Waals surface area contributed by atoms with Crippen molar-refractivity contribution in [3.8, 4) is 0 Å². The van der Waals surface area contributed by atoms with Gasteiger partial charge in [0.1, 0.15) is 4.88 Å². The zero-order chi connectivity index (χ0) is 20.3. The predicted octanol–water partition coefficient (Wildman–Crippen LogP) is 3.18. The Morgan fingerprint density at radius 1 is 1.14 bits per heavy atom. The van der Waals surface area contributed by atoms with Crippen molar-refractivity contribution in [1.29, 1.82) is 0 Å². The van der Waals surface area contributed by atoms with Crippen molar-refractivity contribution >= 4 is 27.3 Å². The van der Waals surface area contributed by atoms with Gasteiger partial charge < -0.3 is 5.32 Å². The summed E-state index contributed by atoms with van der Waals surface area (Å²) >= 11 is 1.39. The fourth-order valence-electron chi connectivity index (χ4n) is 2.80. The second kappa shape index (κ2) is 8.22. The molecule has 0 aliphatic carbocycles. The van der Waals surface area contributed by atoms with Gasteiger partial charge in [-0.1, -0.05) is 42.5 Å². The Bertz CT molecular complexity index is 1080. The summed E-state index contributed by atoms with van der Waals surface area (Å²) in [7, 11) is -3.73. The molecule has 1 atom stereocenters. The maximum atomic E-state index is 12.7. The second-order valence-electron chi connectivity index (χ2n) is 6.49. The van der Waals surface area contributed by atoms with E-state index in [1.54, 1.807) is 12.1 Å². The predicted molar refractivity (Wildman–Crippen MR) is 110 cm³/mol. The monoisotopic (exact) mass is 415 g/mol. The van der Waals surface area contributed by atoms with Crippen molar-refractivity contribution in [1.82, 2.24) is 10.3 Å². The normalized spacial score (nSPS) is 12.5. The Morgan fingerprint density at radius 2 is 1.79 bits per heavy atom. The molecule has 0 saturated carbocycles. The molecule has 0 spiro atoms. The average molecular weight is 416 g/mol. The van der Waals surface area contributed by atoms with Crippen molar-refractivity contribution in [3.05, 3.63) is 81.3 Å². The van der Waals surface area contributed by atoms with E-state index in [0.717, 1.165) is 16.1 Å². The number of carbonyl (C=O) groups excluding carboxylic acids is 1. The molecule has 146 valence electrons. The lowest BCUT2D eigenvalue weighted by Crippen LogP contribution is -2.26. The minimum Gasteiger partial charge on any atom is -0.345 e. The number of aryl methyl sites for hydroxylation is 1. The number of hydrogen-bond acceptors (Lipinski definition) is 5. The molecule has 3 rings (SSSR count). The Labute approximate surface area is 168 Å². The Morgan fingerprint density at radius 3 is 2.39 bits per heavy atom. The van der Waals surface area contributed by atoms with Crippen LogP contribution in [-0.2, 0) is 16.4 Å². The number of nitrogens with one attached hydrogen (secondary N) is 1. The molecule has 28 heavy (non-hydrogen) atoms. The molecule has 6 nitrogen and oxygen atoms in total. The number of carbonyl (C=O) groups is 1. The van der Waals surface area contributed by atoms with E-state index in [1.807, 2.05) is 44.2 Å². The summed E-state index contributed by atoms with van der Waals surface area (Å²) in [5.74, 6) is -0.197. The first-order valence-corrected chi connectivity index (χ1v) is 11.0. The van der Waals surface area contributed by atoms with Gasteiger partial charge >= 0.3 is 0 Å². The van der Waals surface area contributed by atoms with E-state index >= 15 is 0 Å². The largest absolute Gasteiger partial charge is 0.345 e. The first-order valence-electron chi connectivity index (χ1n) is 8.68. The molecule has 1 aromatic heterocycles. The van der Waals surface area contributed by atoms with E-state index in [0.29, 0.717) is 17.0 Å². The number of sulfonamides is 1. The van der Waals surface area contributed by atoms with Crippen molar-refractivity contribution in [3.63, 3.8) is 0 Å². The van der Waals surface area contributed by atoms with Crippen LogP contribution in [-0.4, -0.2) is 19.3 Å². The molecule has 8 heteroatoms. The van der Waals surface area contributed by atoms with Crippen LogP contribution in [0.15, 0.2) is 59.5 Å². The first-order chi connectivity index (χ1) is 13.2. The van der Waals surface area contributed by atoms with Crippen molar-refractivity contribution in [2.75, 3.05) is 0 Å². The second-order valence-corrected chi connectivity index (χ2v) is 9.14. The Hall–Kier alpha value is -2.55. The lowest BCUT2D eigenvalue weighted by molar-refractivity contribution is 0.0943. The Kier molecular flexibility index (Phi) is 5.93. The lowest BCUT2D eigenvalue weighted by atomic mass is 10.1. The molecule has 0 aliphatic heterocycles. The van der Waals surface area contributed by atoms with Crippen LogP contribution in [0.5, 0.6) is 0 Å². The van der Waals surface area contributed by atoms with Crippen molar-refractivity contribution < 1.29 is 13.2 Å². The van der Waals surface area contributed by atoms with E-state index in [2.05, 4.69) is 10.3 Å². The molecular formula is C20H21N3O3S2. The third-order valence-electron chi connectivity index (χ3n) is 4.30. The molecule has 0 radical (unpaired) electrons. The van der Waals surface area contributed by atoms with Crippen molar-refractivity contribution in [2.45, 2.75) is 31.2 Å². The molecule has 0 aliphatic rings. The van der Waals surface area contributed by atoms with Gasteiger partial charge in [-0.25, -0.2) is 18.5 Å². The van der Waals surface area contributed by atoms with Gasteiger partial charge in [0.15, 0.2) is 0 Å². The number of hydrogen-bond donors (Lipinski definition) is 2. The van der Waals surface area contributed by atoms with Gasteiger partial charge in [-0.2, -0.15) is 0 Å². The van der Waals surface area contributed by atoms with Crippen LogP contribution >= 0.6 is 11.3 Å². The zero-order valence-corrected chi connectivity index (χ0v) is 17.2. The van der Waals surface area contributed by atoms with Crippen LogP contribution in [0.3, 0.4) is 0 Å². The maximum absolute atomic E-state index is 12.7. The standard InChI is InChI=1S/C20H21N3O3S2/c1-13(16-8-10-17(11-9-16)28(21,25)26)23-20(24)19-14(2)22-18(27-19)12-15-6-4-3-5-7-15/h3-11,13H,12H2,1-2H3,(H,23,24)(H2,21,25,26)/t13-/m0/s1. The summed E-state index contributed by atoms with van der Waals surface area (Å²) in [6.45, 7) is 3.66. The molecule has 0 saturated heterocycles. The highest BCUT2D eigenvalue weighted by Crippen LogP contribution is 2.22. The average Bonchev–Trinajstić information content (AvgIpc) is 3.02. The molecule has 0 bridgehead atoms. The number of amides is 1. The summed E-state index contributed by atoms with van der Waals surface area (Å²) in [5, 5.41) is 8.94. The summed E-state index contributed by atoms with van der Waals surface area (Å²) in [6.07, 6.45) is 0.685. The van der Waals surface area contributed by atoms with Crippen LogP contribution in [0, 0.1) is 6.92 Å². The molecular weight excluding hydrogens is 394 g/mol. The summed E-state index contributed by atoms with van der Waals surface area (Å²) in [6, 6.07) is 15.8. The number of aromatic nitrogens is 1. The molecule has 0 unspecified atom stereocenters. The van der Waals surface area contributed by atoms with Crippen LogP contribution in [0.2, 0.25) is 0 Å². The maximum Gasteiger partial charge on any atom is 0.263 e. The zero-order valence-electron chi connectivity index (χ0n) is 15.5. The lowest BCUT2D eigenvalue weighted by Gasteiger charge is -2.14. The molecule has 3 aromatic rings. The highest BCUT2D eigenvalue weighted by Gasteiger charge is 2.18. The molecule has 1 amide bonds. The van der Waals surface area contributed by atoms with Crippen LogP contribution in [0.1, 0.15) is 44.5 Å². The number of primary sulfonamides is 1. The third-order valence-corrected chi connectivity index (χ3v) is 6.39. The minimum atomic E-state index is -3.73. The molecule has 3 N–H and O–H groups in total. The van der Waals surface area contributed by atoms with Gasteiger partial charge in [0, 0.05) is 6.42 Å². The van der Waals surface area contributed by atoms with Gasteiger partial charge in [0.05, 0.1) is 21.6 Å². The number of nitrogens with zero attached hydrogens (tertiary/aromatic N) is 1. The van der Waals surface area contributed by atoms with E-state index in [4.69, 9.17) is 5.14 Å². The molecule has 2 aromatic carbocycles. The van der Waals surface area contributed by atoms with Gasteiger partial charge in [-0.15, -0.1) is 11.3 Å². The number of rotatable bonds is 6. The van der Waals surface area contributed by atoms with Gasteiger partial charge in [0.2, 0.25) is 10.0 Å². The topological polar surface area (TPSA) is 102 Å². The fraction of sp³-hybridized carbons (Fsp3) is 0.200. The van der Waals surface area contributed by atoms with Crippen molar-refractivity contribution in [2.24, 2.45) is 5.14 Å². The van der Waals surface area contributed by atoms with Gasteiger partial charge in [-0.05, 0) is 37.1 Å².